The minimum absolute atomic E-state index is 0.0205. The van der Waals surface area contributed by atoms with Crippen LogP contribution in [-0.4, -0.2) is 49.8 Å². The van der Waals surface area contributed by atoms with Crippen molar-refractivity contribution in [3.05, 3.63) is 65.7 Å². The summed E-state index contributed by atoms with van der Waals surface area (Å²) in [5.41, 5.74) is 1.67. The molecule has 31 heavy (non-hydrogen) atoms. The number of rotatable bonds is 11. The zero-order chi connectivity index (χ0) is 22.5. The zero-order valence-electron chi connectivity index (χ0n) is 17.4. The summed E-state index contributed by atoms with van der Waals surface area (Å²) in [6, 6.07) is 15.6. The number of carbonyl (C=O) groups excluding carboxylic acids is 1. The first-order chi connectivity index (χ1) is 15.0. The summed E-state index contributed by atoms with van der Waals surface area (Å²) in [6.45, 7) is 0.154. The molecular formula is C22H28F2N4O3. The molecule has 1 atom stereocenters. The lowest BCUT2D eigenvalue weighted by atomic mass is 10.1. The third kappa shape index (κ3) is 9.43. The second-order valence-electron chi connectivity index (χ2n) is 6.62. The Labute approximate surface area is 180 Å². The van der Waals surface area contributed by atoms with Crippen molar-refractivity contribution in [3.8, 4) is 5.75 Å². The van der Waals surface area contributed by atoms with E-state index in [9.17, 15) is 18.7 Å². The molecule has 2 aromatic rings. The van der Waals surface area contributed by atoms with Crippen molar-refractivity contribution in [2.75, 3.05) is 26.2 Å². The topological polar surface area (TPSA) is 95.0 Å². The van der Waals surface area contributed by atoms with E-state index in [0.717, 1.165) is 12.0 Å². The number of nitrogens with one attached hydrogen (secondary N) is 3. The van der Waals surface area contributed by atoms with Crippen LogP contribution in [-0.2, 0) is 11.2 Å². The van der Waals surface area contributed by atoms with Crippen molar-refractivity contribution >= 4 is 11.9 Å². The Morgan fingerprint density at radius 2 is 1.77 bits per heavy atom. The number of amides is 1. The van der Waals surface area contributed by atoms with Crippen molar-refractivity contribution < 1.29 is 23.4 Å². The lowest BCUT2D eigenvalue weighted by Crippen LogP contribution is -2.40. The molecule has 0 fully saturated rings. The number of nitrogens with zero attached hydrogens (tertiary/aromatic N) is 1. The highest BCUT2D eigenvalue weighted by molar-refractivity contribution is 5.84. The number of aliphatic hydroxyl groups excluding tert-OH is 1. The molecule has 0 spiro atoms. The zero-order valence-corrected chi connectivity index (χ0v) is 17.4. The van der Waals surface area contributed by atoms with Crippen LogP contribution in [0.4, 0.5) is 8.78 Å². The Bertz CT molecular complexity index is 817. The van der Waals surface area contributed by atoms with Gasteiger partial charge in [0.2, 0.25) is 5.91 Å². The predicted octanol–water partition coefficient (Wildman–Crippen LogP) is 2.24. The van der Waals surface area contributed by atoms with E-state index in [1.165, 1.54) is 24.3 Å². The quantitative estimate of drug-likeness (QED) is 0.321. The van der Waals surface area contributed by atoms with Gasteiger partial charge in [-0.3, -0.25) is 4.79 Å². The summed E-state index contributed by atoms with van der Waals surface area (Å²) >= 11 is 0. The number of halogens is 2. The normalized spacial score (nSPS) is 12.4. The fourth-order valence-electron chi connectivity index (χ4n) is 2.72. The van der Waals surface area contributed by atoms with Gasteiger partial charge >= 0.3 is 6.61 Å². The number of aliphatic hydroxyl groups is 1. The third-order valence-corrected chi connectivity index (χ3v) is 4.26. The molecule has 0 aliphatic rings. The Balaban J connectivity index is 1.78. The first kappa shape index (κ1) is 24.1. The molecule has 0 aromatic heterocycles. The molecular weight excluding hydrogens is 406 g/mol. The fourth-order valence-corrected chi connectivity index (χ4v) is 2.72. The van der Waals surface area contributed by atoms with E-state index in [1.807, 2.05) is 37.3 Å². The van der Waals surface area contributed by atoms with Crippen LogP contribution >= 0.6 is 0 Å². The largest absolute Gasteiger partial charge is 0.435 e. The number of ether oxygens (including phenoxy) is 1. The number of aliphatic imine (C=N–C) groups is 1. The van der Waals surface area contributed by atoms with Crippen molar-refractivity contribution in [2.45, 2.75) is 26.1 Å². The summed E-state index contributed by atoms with van der Waals surface area (Å²) in [7, 11) is 0. The summed E-state index contributed by atoms with van der Waals surface area (Å²) < 4.78 is 28.7. The molecule has 7 nitrogen and oxygen atoms in total. The third-order valence-electron chi connectivity index (χ3n) is 4.26. The van der Waals surface area contributed by atoms with Gasteiger partial charge in [-0.25, -0.2) is 4.99 Å². The summed E-state index contributed by atoms with van der Waals surface area (Å²) in [4.78, 5) is 16.2. The monoisotopic (exact) mass is 434 g/mol. The fraction of sp³-hybridized carbons (Fsp3) is 0.364. The molecule has 1 unspecified atom stereocenters. The average Bonchev–Trinajstić information content (AvgIpc) is 2.76. The first-order valence-corrected chi connectivity index (χ1v) is 10.0. The summed E-state index contributed by atoms with van der Waals surface area (Å²) in [5, 5.41) is 19.1. The Morgan fingerprint density at radius 1 is 1.06 bits per heavy atom. The molecule has 0 aliphatic carbocycles. The Hall–Kier alpha value is -3.20. The van der Waals surface area contributed by atoms with Crippen molar-refractivity contribution in [3.63, 3.8) is 0 Å². The maximum Gasteiger partial charge on any atom is 0.387 e. The number of hydrogen-bond donors (Lipinski definition) is 4. The molecule has 9 heteroatoms. The number of hydrogen-bond acceptors (Lipinski definition) is 4. The molecule has 0 saturated carbocycles. The molecule has 4 N–H and O–H groups in total. The van der Waals surface area contributed by atoms with E-state index < -0.39 is 12.7 Å². The minimum atomic E-state index is -2.90. The molecule has 0 heterocycles. The summed E-state index contributed by atoms with van der Waals surface area (Å²) in [6.07, 6.45) is -0.161. The van der Waals surface area contributed by atoms with Gasteiger partial charge in [0.05, 0.1) is 6.10 Å². The minimum Gasteiger partial charge on any atom is -0.435 e. The maximum atomic E-state index is 12.2. The van der Waals surface area contributed by atoms with Gasteiger partial charge in [-0.2, -0.15) is 8.78 Å². The van der Waals surface area contributed by atoms with Crippen molar-refractivity contribution in [2.24, 2.45) is 4.99 Å². The smallest absolute Gasteiger partial charge is 0.387 e. The van der Waals surface area contributed by atoms with Gasteiger partial charge in [0.1, 0.15) is 12.3 Å². The van der Waals surface area contributed by atoms with E-state index in [-0.39, 0.29) is 24.7 Å². The van der Waals surface area contributed by atoms with Crippen LogP contribution < -0.4 is 20.7 Å². The first-order valence-electron chi connectivity index (χ1n) is 10.0. The van der Waals surface area contributed by atoms with Gasteiger partial charge in [-0.15, -0.1) is 0 Å². The molecule has 1 amide bonds. The van der Waals surface area contributed by atoms with Gasteiger partial charge in [0, 0.05) is 19.6 Å². The van der Waals surface area contributed by atoms with Gasteiger partial charge in [-0.1, -0.05) is 42.5 Å². The Kier molecular flexibility index (Phi) is 10.2. The number of alkyl halides is 2. The van der Waals surface area contributed by atoms with Gasteiger partial charge in [0.25, 0.3) is 0 Å². The molecule has 2 rings (SSSR count). The Morgan fingerprint density at radius 3 is 2.42 bits per heavy atom. The van der Waals surface area contributed by atoms with Crippen molar-refractivity contribution in [1.29, 1.82) is 0 Å². The number of carbonyl (C=O) groups is 1. The van der Waals surface area contributed by atoms with E-state index in [4.69, 9.17) is 0 Å². The average molecular weight is 434 g/mol. The second kappa shape index (κ2) is 13.2. The van der Waals surface area contributed by atoms with Crippen LogP contribution in [0.5, 0.6) is 5.75 Å². The van der Waals surface area contributed by atoms with Crippen LogP contribution in [0.3, 0.4) is 0 Å². The van der Waals surface area contributed by atoms with Gasteiger partial charge < -0.3 is 25.8 Å². The molecule has 0 bridgehead atoms. The number of guanidine groups is 1. The highest BCUT2D eigenvalue weighted by Crippen LogP contribution is 2.18. The predicted molar refractivity (Wildman–Crippen MR) is 115 cm³/mol. The van der Waals surface area contributed by atoms with E-state index in [0.29, 0.717) is 24.6 Å². The van der Waals surface area contributed by atoms with Gasteiger partial charge in [0.15, 0.2) is 5.96 Å². The lowest BCUT2D eigenvalue weighted by Gasteiger charge is -2.16. The SMILES string of the molecule is CCNC(=NCC(=O)NCCc1ccccc1)NCC(O)c1ccc(OC(F)F)cc1. The van der Waals surface area contributed by atoms with Crippen LogP contribution in [0.2, 0.25) is 0 Å². The van der Waals surface area contributed by atoms with E-state index in [2.05, 4.69) is 25.7 Å². The maximum absolute atomic E-state index is 12.2. The van der Waals surface area contributed by atoms with Gasteiger partial charge in [-0.05, 0) is 36.6 Å². The van der Waals surface area contributed by atoms with E-state index >= 15 is 0 Å². The van der Waals surface area contributed by atoms with Crippen molar-refractivity contribution in [1.82, 2.24) is 16.0 Å². The van der Waals surface area contributed by atoms with Crippen LogP contribution in [0.1, 0.15) is 24.2 Å². The standard InChI is InChI=1S/C22H28F2N4O3/c1-2-25-22(28-15-20(30)26-13-12-16-6-4-3-5-7-16)27-14-19(29)17-8-10-18(11-9-17)31-21(23)24/h3-11,19,21,29H,2,12-15H2,1H3,(H,26,30)(H2,25,27,28). The highest BCUT2D eigenvalue weighted by atomic mass is 19.3. The summed E-state index contributed by atoms with van der Waals surface area (Å²) in [5.74, 6) is 0.202. The number of benzene rings is 2. The molecule has 168 valence electrons. The lowest BCUT2D eigenvalue weighted by molar-refractivity contribution is -0.119. The molecule has 0 saturated heterocycles. The highest BCUT2D eigenvalue weighted by Gasteiger charge is 2.10. The van der Waals surface area contributed by atoms with Crippen LogP contribution in [0.15, 0.2) is 59.6 Å². The van der Waals surface area contributed by atoms with Crippen LogP contribution in [0.25, 0.3) is 0 Å². The molecule has 2 aromatic carbocycles. The van der Waals surface area contributed by atoms with E-state index in [1.54, 1.807) is 0 Å². The van der Waals surface area contributed by atoms with Crippen LogP contribution in [0, 0.1) is 0 Å². The molecule has 0 radical (unpaired) electrons. The second-order valence-corrected chi connectivity index (χ2v) is 6.62. The molecule has 0 aliphatic heterocycles.